The number of nitrogens with one attached hydrogen (secondary N) is 3. The molecular formula is C36H41N7O4. The summed E-state index contributed by atoms with van der Waals surface area (Å²) in [5.41, 5.74) is 6.21. The number of rotatable bonds is 10. The first-order chi connectivity index (χ1) is 22.8. The third kappa shape index (κ3) is 7.79. The van der Waals surface area contributed by atoms with Gasteiger partial charge in [-0.05, 0) is 67.9 Å². The molecule has 4 heterocycles. The number of carboxylic acid groups (broad SMARTS) is 1. The minimum Gasteiger partial charge on any atom is -0.480 e. The van der Waals surface area contributed by atoms with E-state index in [0.29, 0.717) is 17.6 Å². The van der Waals surface area contributed by atoms with Crippen LogP contribution in [0.4, 0.5) is 22.2 Å². The third-order valence-corrected chi connectivity index (χ3v) is 8.86. The Bertz CT molecular complexity index is 1710. The van der Waals surface area contributed by atoms with Gasteiger partial charge in [0.2, 0.25) is 0 Å². The maximum absolute atomic E-state index is 12.5. The predicted octanol–water partition coefficient (Wildman–Crippen LogP) is 5.69. The Morgan fingerprint density at radius 1 is 0.979 bits per heavy atom. The summed E-state index contributed by atoms with van der Waals surface area (Å²) in [6, 6.07) is 20.8. The Labute approximate surface area is 274 Å². The molecule has 47 heavy (non-hydrogen) atoms. The lowest BCUT2D eigenvalue weighted by Crippen LogP contribution is -2.45. The number of hydrogen-bond donors (Lipinski definition) is 4. The molecule has 6 rings (SSSR count). The molecule has 1 saturated heterocycles. The van der Waals surface area contributed by atoms with Crippen LogP contribution in [0.3, 0.4) is 0 Å². The fourth-order valence-electron chi connectivity index (χ4n) is 6.21. The van der Waals surface area contributed by atoms with Crippen molar-refractivity contribution >= 4 is 29.5 Å². The number of benzene rings is 2. The zero-order valence-corrected chi connectivity index (χ0v) is 26.8. The van der Waals surface area contributed by atoms with Crippen molar-refractivity contribution in [1.29, 1.82) is 0 Å². The second-order valence-electron chi connectivity index (χ2n) is 12.2. The van der Waals surface area contributed by atoms with Gasteiger partial charge < -0.3 is 30.7 Å². The number of piperidine rings is 1. The average molecular weight is 636 g/mol. The highest BCUT2D eigenvalue weighted by atomic mass is 16.5. The minimum atomic E-state index is -1.23. The molecule has 0 unspecified atom stereocenters. The summed E-state index contributed by atoms with van der Waals surface area (Å²) < 4.78 is 5.33. The number of nitrogens with zero attached hydrogens (tertiary/aromatic N) is 4. The highest BCUT2D eigenvalue weighted by molar-refractivity contribution is 5.80. The van der Waals surface area contributed by atoms with Crippen molar-refractivity contribution in [2.45, 2.75) is 58.1 Å². The number of amides is 1. The van der Waals surface area contributed by atoms with Crippen LogP contribution in [0.1, 0.15) is 53.4 Å². The molecule has 0 saturated carbocycles. The zero-order valence-electron chi connectivity index (χ0n) is 26.8. The van der Waals surface area contributed by atoms with Crippen molar-refractivity contribution < 1.29 is 19.4 Å². The van der Waals surface area contributed by atoms with Crippen molar-refractivity contribution in [3.05, 3.63) is 94.9 Å². The zero-order chi connectivity index (χ0) is 32.8. The van der Waals surface area contributed by atoms with Gasteiger partial charge in [-0.2, -0.15) is 0 Å². The van der Waals surface area contributed by atoms with Crippen molar-refractivity contribution in [2.75, 3.05) is 41.7 Å². The van der Waals surface area contributed by atoms with E-state index in [4.69, 9.17) is 14.7 Å². The molecule has 11 nitrogen and oxygen atoms in total. The summed E-state index contributed by atoms with van der Waals surface area (Å²) in [4.78, 5) is 41.1. The van der Waals surface area contributed by atoms with Crippen molar-refractivity contribution in [1.82, 2.24) is 20.3 Å². The number of carbonyl (C=O) groups is 2. The molecule has 0 radical (unpaired) electrons. The first kappa shape index (κ1) is 31.8. The topological polar surface area (TPSA) is 142 Å². The van der Waals surface area contributed by atoms with Crippen LogP contribution < -0.4 is 20.9 Å². The van der Waals surface area contributed by atoms with Gasteiger partial charge in [-0.15, -0.1) is 0 Å². The summed E-state index contributed by atoms with van der Waals surface area (Å²) in [5, 5.41) is 18.9. The van der Waals surface area contributed by atoms with Gasteiger partial charge in [0.25, 0.3) is 0 Å². The molecular weight excluding hydrogens is 594 g/mol. The molecule has 0 spiro atoms. The Hall–Kier alpha value is -5.19. The number of pyridine rings is 1. The first-order valence-electron chi connectivity index (χ1n) is 16.2. The van der Waals surface area contributed by atoms with E-state index in [-0.39, 0.29) is 13.2 Å². The van der Waals surface area contributed by atoms with Gasteiger partial charge in [-0.3, -0.25) is 0 Å². The van der Waals surface area contributed by atoms with Gasteiger partial charge in [-0.25, -0.2) is 24.5 Å². The van der Waals surface area contributed by atoms with E-state index in [1.165, 1.54) is 5.56 Å². The Morgan fingerprint density at radius 3 is 2.47 bits per heavy atom. The van der Waals surface area contributed by atoms with E-state index in [1.807, 2.05) is 68.4 Å². The number of alkyl carbamates (subject to hydrolysis) is 1. The van der Waals surface area contributed by atoms with Crippen LogP contribution in [0.15, 0.2) is 66.7 Å². The van der Waals surface area contributed by atoms with Gasteiger partial charge in [0.05, 0.1) is 0 Å². The summed E-state index contributed by atoms with van der Waals surface area (Å²) >= 11 is 0. The second kappa shape index (κ2) is 14.5. The van der Waals surface area contributed by atoms with E-state index in [9.17, 15) is 14.7 Å². The number of aryl methyl sites for hydroxylation is 2. The lowest BCUT2D eigenvalue weighted by atomic mass is 9.92. The van der Waals surface area contributed by atoms with E-state index >= 15 is 0 Å². The van der Waals surface area contributed by atoms with Gasteiger partial charge >= 0.3 is 12.1 Å². The Kier molecular flexibility index (Phi) is 9.80. The van der Waals surface area contributed by atoms with Crippen LogP contribution in [0, 0.1) is 13.8 Å². The maximum Gasteiger partial charge on any atom is 0.408 e. The monoisotopic (exact) mass is 635 g/mol. The first-order valence-corrected chi connectivity index (χ1v) is 16.2. The van der Waals surface area contributed by atoms with E-state index in [0.717, 1.165) is 84.9 Å². The summed E-state index contributed by atoms with van der Waals surface area (Å²) in [7, 11) is 0. The van der Waals surface area contributed by atoms with Gasteiger partial charge in [0.1, 0.15) is 35.9 Å². The maximum atomic E-state index is 12.5. The molecule has 4 aromatic rings. The molecule has 11 heteroatoms. The molecule has 244 valence electrons. The van der Waals surface area contributed by atoms with Crippen LogP contribution >= 0.6 is 0 Å². The largest absolute Gasteiger partial charge is 0.480 e. The van der Waals surface area contributed by atoms with Crippen molar-refractivity contribution in [2.24, 2.45) is 0 Å². The van der Waals surface area contributed by atoms with E-state index in [1.54, 1.807) is 0 Å². The number of carboxylic acids is 1. The highest BCUT2D eigenvalue weighted by Gasteiger charge is 2.27. The van der Waals surface area contributed by atoms with Gasteiger partial charge in [0.15, 0.2) is 0 Å². The average Bonchev–Trinajstić information content (AvgIpc) is 3.10. The summed E-state index contributed by atoms with van der Waals surface area (Å²) in [5.74, 6) is 2.18. The molecule has 0 aliphatic carbocycles. The number of hydrogen-bond acceptors (Lipinski definition) is 9. The van der Waals surface area contributed by atoms with Gasteiger partial charge in [-0.1, -0.05) is 60.7 Å². The Balaban J connectivity index is 1.02. The lowest BCUT2D eigenvalue weighted by molar-refractivity contribution is -0.139. The van der Waals surface area contributed by atoms with E-state index < -0.39 is 18.1 Å². The van der Waals surface area contributed by atoms with Gasteiger partial charge in [0, 0.05) is 43.4 Å². The fourth-order valence-corrected chi connectivity index (χ4v) is 6.21. The number of fused-ring (bicyclic) bond motifs is 1. The third-order valence-electron chi connectivity index (χ3n) is 8.86. The molecule has 4 N–H and O–H groups in total. The molecule has 2 aliphatic rings. The molecule has 0 bridgehead atoms. The molecule has 2 aromatic carbocycles. The molecule has 1 amide bonds. The highest BCUT2D eigenvalue weighted by Crippen LogP contribution is 2.33. The number of carbonyl (C=O) groups excluding carboxylic acids is 1. The number of aliphatic carboxylic acids is 1. The number of aromatic nitrogens is 3. The number of anilines is 3. The molecule has 2 aromatic heterocycles. The molecule has 1 fully saturated rings. The van der Waals surface area contributed by atoms with E-state index in [2.05, 4.69) is 38.0 Å². The summed E-state index contributed by atoms with van der Waals surface area (Å²) in [6.45, 7) is 6.32. The second-order valence-corrected chi connectivity index (χ2v) is 12.2. The van der Waals surface area contributed by atoms with Crippen LogP contribution in [-0.4, -0.2) is 64.3 Å². The lowest BCUT2D eigenvalue weighted by Gasteiger charge is -2.34. The van der Waals surface area contributed by atoms with Crippen LogP contribution in [0.25, 0.3) is 11.1 Å². The quantitative estimate of drug-likeness (QED) is 0.172. The van der Waals surface area contributed by atoms with Crippen molar-refractivity contribution in [3.63, 3.8) is 0 Å². The minimum absolute atomic E-state index is 0.0182. The smallest absolute Gasteiger partial charge is 0.408 e. The molecule has 2 aliphatic heterocycles. The Morgan fingerprint density at radius 2 is 1.72 bits per heavy atom. The standard InChI is InChI=1S/C36H41N7O4/c1-23-32(38-21-31(35(44)45)42-36(46)47-22-25-10-12-27(13-11-25)26-7-4-3-5-8-26)39-24(2)40-34(23)43-19-16-28(17-20-43)30-15-14-29-9-6-18-37-33(29)41-30/h3-5,7-8,10-15,28,31H,6,9,16-22H2,1-2H3,(H,37,41)(H,42,46)(H,44,45)(H,38,39,40)/t31-/m0/s1. The van der Waals surface area contributed by atoms with Crippen LogP contribution in [0.2, 0.25) is 0 Å². The summed E-state index contributed by atoms with van der Waals surface area (Å²) in [6.07, 6.45) is 3.33. The predicted molar refractivity (Wildman–Crippen MR) is 182 cm³/mol. The van der Waals surface area contributed by atoms with Crippen LogP contribution in [0.5, 0.6) is 0 Å². The number of ether oxygens (including phenoxy) is 1. The normalized spacial score (nSPS) is 15.2. The van der Waals surface area contributed by atoms with Crippen LogP contribution in [-0.2, 0) is 22.6 Å². The SMILES string of the molecule is Cc1nc(NC[C@H](NC(=O)OCc2ccc(-c3ccccc3)cc2)C(=O)O)c(C)c(N2CCC(c3ccc4c(n3)NCCC4)CC2)n1. The van der Waals surface area contributed by atoms with Crippen molar-refractivity contribution in [3.8, 4) is 11.1 Å². The molecule has 1 atom stereocenters. The fraction of sp³-hybridized carbons (Fsp3) is 0.361.